The van der Waals surface area contributed by atoms with Crippen molar-refractivity contribution in [2.45, 2.75) is 64.2 Å². The van der Waals surface area contributed by atoms with E-state index in [4.69, 9.17) is 5.73 Å². The molecule has 2 N–H and O–H groups in total. The third kappa shape index (κ3) is 7.57. The number of nitrogens with two attached hydrogens (primary N) is 1. The van der Waals surface area contributed by atoms with Gasteiger partial charge < -0.3 is 10.2 Å². The molecule has 114 valence electrons. The number of rotatable bonds is 12. The van der Waals surface area contributed by atoms with Gasteiger partial charge in [0.1, 0.15) is 0 Å². The van der Waals surface area contributed by atoms with E-state index in [-0.39, 0.29) is 0 Å². The number of hydrogen-bond acceptors (Lipinski definition) is 2. The van der Waals surface area contributed by atoms with Crippen LogP contribution in [0.2, 0.25) is 0 Å². The highest BCUT2D eigenvalue weighted by Crippen LogP contribution is 2.21. The van der Waals surface area contributed by atoms with Gasteiger partial charge in [-0.1, -0.05) is 32.1 Å². The van der Waals surface area contributed by atoms with E-state index in [0.717, 1.165) is 12.3 Å². The van der Waals surface area contributed by atoms with Gasteiger partial charge in [0.05, 0.1) is 26.2 Å². The Bertz CT molecular complexity index is 203. The van der Waals surface area contributed by atoms with Gasteiger partial charge in [-0.25, -0.2) is 0 Å². The summed E-state index contributed by atoms with van der Waals surface area (Å²) in [5, 5.41) is 0. The molecule has 0 bridgehead atoms. The molecule has 1 rings (SSSR count). The number of thiol groups is 1. The smallest absolute Gasteiger partial charge is 0.0876 e. The summed E-state index contributed by atoms with van der Waals surface area (Å²) in [5.74, 6) is 1.06. The molecule has 0 aromatic rings. The van der Waals surface area contributed by atoms with Crippen molar-refractivity contribution in [1.82, 2.24) is 0 Å². The average molecular weight is 288 g/mol. The van der Waals surface area contributed by atoms with E-state index in [1.807, 2.05) is 0 Å². The molecular weight excluding hydrogens is 252 g/mol. The summed E-state index contributed by atoms with van der Waals surface area (Å²) >= 11 is 4.44. The zero-order valence-corrected chi connectivity index (χ0v) is 13.7. The van der Waals surface area contributed by atoms with Crippen molar-refractivity contribution < 1.29 is 4.48 Å². The Morgan fingerprint density at radius 2 is 1.26 bits per heavy atom. The zero-order valence-electron chi connectivity index (χ0n) is 12.8. The molecule has 0 aromatic heterocycles. The lowest BCUT2D eigenvalue weighted by Gasteiger charge is -2.34. The van der Waals surface area contributed by atoms with Gasteiger partial charge in [0, 0.05) is 18.6 Å². The number of likely N-dealkylation sites (tertiary alicyclic amines) is 1. The van der Waals surface area contributed by atoms with Gasteiger partial charge in [-0.3, -0.25) is 0 Å². The van der Waals surface area contributed by atoms with Crippen LogP contribution >= 0.6 is 12.6 Å². The molecule has 19 heavy (non-hydrogen) atoms. The highest BCUT2D eigenvalue weighted by Gasteiger charge is 2.30. The molecule has 0 radical (unpaired) electrons. The van der Waals surface area contributed by atoms with E-state index < -0.39 is 0 Å². The van der Waals surface area contributed by atoms with Crippen LogP contribution in [0.4, 0.5) is 0 Å². The Kier molecular flexibility index (Phi) is 10.0. The second kappa shape index (κ2) is 11.0. The molecule has 0 saturated carbocycles. The highest BCUT2D eigenvalue weighted by molar-refractivity contribution is 7.80. The maximum absolute atomic E-state index is 5.50. The van der Waals surface area contributed by atoms with Crippen LogP contribution in [0.5, 0.6) is 0 Å². The molecule has 1 aliphatic rings. The third-order valence-electron chi connectivity index (χ3n) is 4.68. The molecule has 0 spiro atoms. The van der Waals surface area contributed by atoms with Crippen molar-refractivity contribution in [2.75, 3.05) is 38.5 Å². The van der Waals surface area contributed by atoms with Crippen LogP contribution < -0.4 is 5.73 Å². The van der Waals surface area contributed by atoms with Gasteiger partial charge in [-0.05, 0) is 25.8 Å². The number of hydrogen-bond donors (Lipinski definition) is 2. The summed E-state index contributed by atoms with van der Waals surface area (Å²) in [6.07, 6.45) is 13.9. The summed E-state index contributed by atoms with van der Waals surface area (Å²) < 4.78 is 1.38. The monoisotopic (exact) mass is 287 g/mol. The third-order valence-corrected chi connectivity index (χ3v) is 4.88. The predicted molar refractivity (Wildman–Crippen MR) is 88.8 cm³/mol. The van der Waals surface area contributed by atoms with E-state index in [9.17, 15) is 0 Å². The van der Waals surface area contributed by atoms with Gasteiger partial charge in [-0.15, -0.1) is 0 Å². The van der Waals surface area contributed by atoms with Crippen LogP contribution in [0.1, 0.15) is 64.2 Å². The molecule has 1 fully saturated rings. The molecule has 3 heteroatoms. The number of nitrogens with zero attached hydrogens (tertiary/aromatic N) is 1. The van der Waals surface area contributed by atoms with Crippen LogP contribution in [0.3, 0.4) is 0 Å². The van der Waals surface area contributed by atoms with Gasteiger partial charge in [0.15, 0.2) is 0 Å². The summed E-state index contributed by atoms with van der Waals surface area (Å²) in [4.78, 5) is 0. The fourth-order valence-electron chi connectivity index (χ4n) is 3.43. The molecule has 1 saturated heterocycles. The van der Waals surface area contributed by atoms with Crippen molar-refractivity contribution in [1.29, 1.82) is 0 Å². The number of quaternary nitrogens is 1. The minimum absolute atomic E-state index is 0.866. The quantitative estimate of drug-likeness (QED) is 0.320. The van der Waals surface area contributed by atoms with Gasteiger partial charge in [-0.2, -0.15) is 12.6 Å². The van der Waals surface area contributed by atoms with Gasteiger partial charge in [0.2, 0.25) is 0 Å². The first-order valence-electron chi connectivity index (χ1n) is 8.49. The molecule has 0 aromatic carbocycles. The SMILES string of the molecule is NCCCCCCCCCC[N+]1(CCS)CCCC1. The van der Waals surface area contributed by atoms with Crippen molar-refractivity contribution >= 4 is 12.6 Å². The van der Waals surface area contributed by atoms with Crippen molar-refractivity contribution in [3.8, 4) is 0 Å². The zero-order chi connectivity index (χ0) is 13.8. The van der Waals surface area contributed by atoms with Crippen LogP contribution in [-0.4, -0.2) is 43.0 Å². The Balaban J connectivity index is 1.94. The minimum atomic E-state index is 0.866. The Morgan fingerprint density at radius 1 is 0.737 bits per heavy atom. The van der Waals surface area contributed by atoms with E-state index in [2.05, 4.69) is 12.6 Å². The summed E-state index contributed by atoms with van der Waals surface area (Å²) in [7, 11) is 0. The van der Waals surface area contributed by atoms with E-state index >= 15 is 0 Å². The van der Waals surface area contributed by atoms with E-state index in [1.165, 1.54) is 94.9 Å². The first kappa shape index (κ1) is 17.3. The van der Waals surface area contributed by atoms with Crippen LogP contribution in [0, 0.1) is 0 Å². The molecule has 1 heterocycles. The molecule has 1 aliphatic heterocycles. The Labute approximate surface area is 126 Å². The van der Waals surface area contributed by atoms with Crippen molar-refractivity contribution in [2.24, 2.45) is 5.73 Å². The fraction of sp³-hybridized carbons (Fsp3) is 1.00. The highest BCUT2D eigenvalue weighted by atomic mass is 32.1. The van der Waals surface area contributed by atoms with Crippen molar-refractivity contribution in [3.05, 3.63) is 0 Å². The maximum Gasteiger partial charge on any atom is 0.0876 e. The van der Waals surface area contributed by atoms with Gasteiger partial charge >= 0.3 is 0 Å². The van der Waals surface area contributed by atoms with E-state index in [0.29, 0.717) is 0 Å². The minimum Gasteiger partial charge on any atom is -0.330 e. The molecule has 0 amide bonds. The van der Waals surface area contributed by atoms with Crippen LogP contribution in [0.15, 0.2) is 0 Å². The molecule has 0 unspecified atom stereocenters. The molecular formula is C16H35N2S+. The van der Waals surface area contributed by atoms with Crippen molar-refractivity contribution in [3.63, 3.8) is 0 Å². The van der Waals surface area contributed by atoms with Gasteiger partial charge in [0.25, 0.3) is 0 Å². The molecule has 2 nitrogen and oxygen atoms in total. The fourth-order valence-corrected chi connectivity index (χ4v) is 3.85. The lowest BCUT2D eigenvalue weighted by Crippen LogP contribution is -2.47. The molecule has 0 aliphatic carbocycles. The van der Waals surface area contributed by atoms with Crippen LogP contribution in [-0.2, 0) is 0 Å². The van der Waals surface area contributed by atoms with Crippen LogP contribution in [0.25, 0.3) is 0 Å². The Hall–Kier alpha value is 0.270. The lowest BCUT2D eigenvalue weighted by molar-refractivity contribution is -0.914. The first-order valence-corrected chi connectivity index (χ1v) is 9.12. The first-order chi connectivity index (χ1) is 9.33. The maximum atomic E-state index is 5.50. The summed E-state index contributed by atoms with van der Waals surface area (Å²) in [6, 6.07) is 0. The standard InChI is InChI=1S/C16H34N2S/c17-11-7-5-3-1-2-4-6-8-12-18(15-16-19)13-9-10-14-18/h1-17H2/p+1. The average Bonchev–Trinajstić information content (AvgIpc) is 2.86. The van der Waals surface area contributed by atoms with E-state index in [1.54, 1.807) is 0 Å². The summed E-state index contributed by atoms with van der Waals surface area (Å²) in [5.41, 5.74) is 5.50. The summed E-state index contributed by atoms with van der Waals surface area (Å²) in [6.45, 7) is 6.40. The second-order valence-electron chi connectivity index (χ2n) is 6.28. The second-order valence-corrected chi connectivity index (χ2v) is 6.73. The molecule has 0 atom stereocenters. The largest absolute Gasteiger partial charge is 0.330 e. The number of unbranched alkanes of at least 4 members (excludes halogenated alkanes) is 7. The lowest BCUT2D eigenvalue weighted by atomic mass is 10.1. The topological polar surface area (TPSA) is 26.0 Å². The normalized spacial score (nSPS) is 18.0. The Morgan fingerprint density at radius 3 is 1.79 bits per heavy atom. The predicted octanol–water partition coefficient (Wildman–Crippen LogP) is 3.61.